The van der Waals surface area contributed by atoms with E-state index in [1.807, 2.05) is 24.3 Å². The molecule has 1 unspecified atom stereocenters. The van der Waals surface area contributed by atoms with Crippen LogP contribution in [0.3, 0.4) is 0 Å². The number of carbonyl (C=O) groups is 1. The second-order valence-electron chi connectivity index (χ2n) is 5.32. The summed E-state index contributed by atoms with van der Waals surface area (Å²) in [6.07, 6.45) is 0. The first kappa shape index (κ1) is 19.3. The zero-order valence-electron chi connectivity index (χ0n) is 14.4. The van der Waals surface area contributed by atoms with E-state index in [2.05, 4.69) is 5.32 Å². The fraction of sp³-hybridized carbons (Fsp3) is 0.278. The third kappa shape index (κ3) is 4.99. The number of hydrogen-bond acceptors (Lipinski definition) is 5. The monoisotopic (exact) mass is 379 g/mol. The number of methoxy groups -OCH3 is 1. The summed E-state index contributed by atoms with van der Waals surface area (Å²) in [6.45, 7) is 3.36. The third-order valence-electron chi connectivity index (χ3n) is 3.60. The van der Waals surface area contributed by atoms with Crippen molar-refractivity contribution in [2.75, 3.05) is 18.2 Å². The van der Waals surface area contributed by atoms with Gasteiger partial charge in [0.05, 0.1) is 28.7 Å². The van der Waals surface area contributed by atoms with E-state index in [0.717, 1.165) is 10.6 Å². The van der Waals surface area contributed by atoms with Gasteiger partial charge in [0.2, 0.25) is 5.91 Å². The highest BCUT2D eigenvalue weighted by Gasteiger charge is 2.20. The predicted octanol–water partition coefficient (Wildman–Crippen LogP) is 3.61. The van der Waals surface area contributed by atoms with Crippen molar-refractivity contribution in [3.05, 3.63) is 48.5 Å². The molecule has 0 aliphatic heterocycles. The number of hydrogen-bond donors (Lipinski definition) is 1. The van der Waals surface area contributed by atoms with Gasteiger partial charge in [-0.2, -0.15) is 0 Å². The van der Waals surface area contributed by atoms with Gasteiger partial charge in [-0.3, -0.25) is 4.79 Å². The van der Waals surface area contributed by atoms with Gasteiger partial charge in [-0.1, -0.05) is 19.1 Å². The normalized spacial score (nSPS) is 12.4. The maximum absolute atomic E-state index is 12.5. The summed E-state index contributed by atoms with van der Waals surface area (Å²) < 4.78 is 29.4. The lowest BCUT2D eigenvalue weighted by molar-refractivity contribution is -0.115. The molecule has 1 atom stereocenters. The Labute approximate surface area is 152 Å². The van der Waals surface area contributed by atoms with Crippen molar-refractivity contribution in [2.45, 2.75) is 28.9 Å². The van der Waals surface area contributed by atoms with Gasteiger partial charge >= 0.3 is 0 Å². The van der Waals surface area contributed by atoms with Crippen LogP contribution in [0.25, 0.3) is 0 Å². The van der Waals surface area contributed by atoms with Gasteiger partial charge in [0.1, 0.15) is 5.75 Å². The number of rotatable bonds is 7. The summed E-state index contributed by atoms with van der Waals surface area (Å²) in [5.41, 5.74) is 0.316. The number of thioether (sulfide) groups is 1. The number of ether oxygens (including phenoxy) is 1. The number of carbonyl (C=O) groups excluding carboxylic acids is 1. The highest BCUT2D eigenvalue weighted by atomic mass is 32.2. The highest BCUT2D eigenvalue weighted by molar-refractivity contribution is 8.00. The van der Waals surface area contributed by atoms with Gasteiger partial charge in [0.25, 0.3) is 0 Å². The van der Waals surface area contributed by atoms with E-state index in [-0.39, 0.29) is 21.8 Å². The molecule has 2 rings (SSSR count). The lowest BCUT2D eigenvalue weighted by Crippen LogP contribution is -2.23. The molecular weight excluding hydrogens is 358 g/mol. The Bertz CT molecular complexity index is 832. The number of nitrogens with one attached hydrogen (secondary N) is 1. The van der Waals surface area contributed by atoms with Crippen molar-refractivity contribution in [2.24, 2.45) is 0 Å². The molecule has 2 aromatic rings. The first-order valence-corrected chi connectivity index (χ1v) is 10.3. The van der Waals surface area contributed by atoms with E-state index in [9.17, 15) is 13.2 Å². The first-order chi connectivity index (χ1) is 11.9. The van der Waals surface area contributed by atoms with Crippen LogP contribution in [-0.4, -0.2) is 32.4 Å². The summed E-state index contributed by atoms with van der Waals surface area (Å²) in [6, 6.07) is 13.9. The van der Waals surface area contributed by atoms with Crippen molar-refractivity contribution in [3.63, 3.8) is 0 Å². The molecule has 0 bridgehead atoms. The number of benzene rings is 2. The fourth-order valence-electron chi connectivity index (χ4n) is 2.14. The molecule has 0 spiro atoms. The number of para-hydroxylation sites is 1. The number of anilines is 1. The topological polar surface area (TPSA) is 72.5 Å². The van der Waals surface area contributed by atoms with Gasteiger partial charge in [0.15, 0.2) is 9.84 Å². The van der Waals surface area contributed by atoms with Gasteiger partial charge in [0, 0.05) is 4.90 Å². The average molecular weight is 380 g/mol. The predicted molar refractivity (Wildman–Crippen MR) is 101 cm³/mol. The van der Waals surface area contributed by atoms with Crippen molar-refractivity contribution in [1.29, 1.82) is 0 Å². The van der Waals surface area contributed by atoms with Gasteiger partial charge in [-0.25, -0.2) is 8.42 Å². The van der Waals surface area contributed by atoms with Crippen molar-refractivity contribution >= 4 is 33.2 Å². The zero-order valence-corrected chi connectivity index (χ0v) is 16.0. The maximum Gasteiger partial charge on any atom is 0.237 e. The molecule has 0 saturated heterocycles. The van der Waals surface area contributed by atoms with Crippen molar-refractivity contribution in [1.82, 2.24) is 0 Å². The molecule has 5 nitrogen and oxygen atoms in total. The van der Waals surface area contributed by atoms with Gasteiger partial charge < -0.3 is 10.1 Å². The third-order valence-corrected chi connectivity index (χ3v) is 6.50. The minimum Gasteiger partial charge on any atom is -0.497 e. The van der Waals surface area contributed by atoms with E-state index < -0.39 is 9.84 Å². The minimum absolute atomic E-state index is 0.0178. The summed E-state index contributed by atoms with van der Waals surface area (Å²) in [4.78, 5) is 13.5. The Kier molecular flexibility index (Phi) is 6.50. The molecule has 1 N–H and O–H groups in total. The summed E-state index contributed by atoms with van der Waals surface area (Å²) in [5, 5.41) is 2.35. The fourth-order valence-corrected chi connectivity index (χ4v) is 4.06. The van der Waals surface area contributed by atoms with Crippen molar-refractivity contribution in [3.8, 4) is 5.75 Å². The summed E-state index contributed by atoms with van der Waals surface area (Å²) >= 11 is 1.39. The molecule has 0 fully saturated rings. The molecule has 134 valence electrons. The Morgan fingerprint density at radius 1 is 1.16 bits per heavy atom. The first-order valence-electron chi connectivity index (χ1n) is 7.80. The van der Waals surface area contributed by atoms with E-state index in [0.29, 0.717) is 5.69 Å². The largest absolute Gasteiger partial charge is 0.497 e. The Morgan fingerprint density at radius 3 is 2.40 bits per heavy atom. The van der Waals surface area contributed by atoms with Crippen LogP contribution in [-0.2, 0) is 14.6 Å². The molecule has 1 amide bonds. The maximum atomic E-state index is 12.5. The second kappa shape index (κ2) is 8.40. The van der Waals surface area contributed by atoms with E-state index >= 15 is 0 Å². The molecule has 2 aromatic carbocycles. The molecule has 0 radical (unpaired) electrons. The molecular formula is C18H21NO4S2. The average Bonchev–Trinajstić information content (AvgIpc) is 2.62. The smallest absolute Gasteiger partial charge is 0.237 e. The van der Waals surface area contributed by atoms with Crippen LogP contribution in [0.15, 0.2) is 58.3 Å². The van der Waals surface area contributed by atoms with Crippen LogP contribution in [0.2, 0.25) is 0 Å². The quantitative estimate of drug-likeness (QED) is 0.744. The number of amides is 1. The Hall–Kier alpha value is -1.99. The Morgan fingerprint density at radius 2 is 1.80 bits per heavy atom. The molecule has 0 aromatic heterocycles. The number of sulfone groups is 1. The summed E-state index contributed by atoms with van der Waals surface area (Å²) in [5.74, 6) is 0.482. The summed E-state index contributed by atoms with van der Waals surface area (Å²) in [7, 11) is -1.80. The standard InChI is InChI=1S/C18H21NO4S2/c1-4-25(21,22)17-8-6-5-7-16(17)19-18(20)13(2)24-15-11-9-14(23-3)10-12-15/h5-13H,4H2,1-3H3,(H,19,20). The lowest BCUT2D eigenvalue weighted by atomic mass is 10.3. The van der Waals surface area contributed by atoms with Crippen LogP contribution < -0.4 is 10.1 Å². The van der Waals surface area contributed by atoms with Crippen LogP contribution in [0, 0.1) is 0 Å². The van der Waals surface area contributed by atoms with E-state index in [1.165, 1.54) is 17.8 Å². The van der Waals surface area contributed by atoms with Crippen LogP contribution in [0.5, 0.6) is 5.75 Å². The van der Waals surface area contributed by atoms with Gasteiger partial charge in [-0.05, 0) is 43.3 Å². The van der Waals surface area contributed by atoms with Crippen LogP contribution in [0.1, 0.15) is 13.8 Å². The Balaban J connectivity index is 2.11. The second-order valence-corrected chi connectivity index (χ2v) is 8.99. The van der Waals surface area contributed by atoms with Crippen LogP contribution >= 0.6 is 11.8 Å². The molecule has 0 heterocycles. The molecule has 25 heavy (non-hydrogen) atoms. The molecule has 0 aliphatic rings. The van der Waals surface area contributed by atoms with Gasteiger partial charge in [-0.15, -0.1) is 11.8 Å². The minimum atomic E-state index is -3.40. The van der Waals surface area contributed by atoms with E-state index in [1.54, 1.807) is 39.2 Å². The van der Waals surface area contributed by atoms with Crippen LogP contribution in [0.4, 0.5) is 5.69 Å². The van der Waals surface area contributed by atoms with E-state index in [4.69, 9.17) is 4.74 Å². The SMILES string of the molecule is CCS(=O)(=O)c1ccccc1NC(=O)C(C)Sc1ccc(OC)cc1. The molecule has 0 aliphatic carbocycles. The lowest BCUT2D eigenvalue weighted by Gasteiger charge is -2.15. The highest BCUT2D eigenvalue weighted by Crippen LogP contribution is 2.27. The molecule has 0 saturated carbocycles. The van der Waals surface area contributed by atoms with Crippen molar-refractivity contribution < 1.29 is 17.9 Å². The zero-order chi connectivity index (χ0) is 18.4. The molecule has 7 heteroatoms.